The summed E-state index contributed by atoms with van der Waals surface area (Å²) < 4.78 is 1.88. The SMILES string of the molecule is CC(CNCc1cccs1)n1cc(Cl)cn1. The summed E-state index contributed by atoms with van der Waals surface area (Å²) in [6.07, 6.45) is 3.51. The predicted molar refractivity (Wildman–Crippen MR) is 68.0 cm³/mol. The first-order valence-electron chi connectivity index (χ1n) is 5.18. The van der Waals surface area contributed by atoms with E-state index in [1.807, 2.05) is 10.9 Å². The highest BCUT2D eigenvalue weighted by molar-refractivity contribution is 7.09. The molecule has 0 saturated carbocycles. The Morgan fingerprint density at radius 3 is 3.12 bits per heavy atom. The molecule has 0 saturated heterocycles. The van der Waals surface area contributed by atoms with E-state index in [0.29, 0.717) is 11.1 Å². The standard InChI is InChI=1S/C11H14ClN3S/c1-9(15-8-10(12)6-14-15)5-13-7-11-3-2-4-16-11/h2-4,6,8-9,13H,5,7H2,1H3. The topological polar surface area (TPSA) is 29.9 Å². The van der Waals surface area contributed by atoms with E-state index in [0.717, 1.165) is 13.1 Å². The second-order valence-corrected chi connectivity index (χ2v) is 5.17. The van der Waals surface area contributed by atoms with Gasteiger partial charge in [-0.3, -0.25) is 4.68 Å². The molecule has 2 aromatic rings. The van der Waals surface area contributed by atoms with Crippen LogP contribution >= 0.6 is 22.9 Å². The third-order valence-electron chi connectivity index (χ3n) is 2.34. The zero-order chi connectivity index (χ0) is 11.4. The van der Waals surface area contributed by atoms with Crippen molar-refractivity contribution in [2.45, 2.75) is 19.5 Å². The molecule has 3 nitrogen and oxygen atoms in total. The van der Waals surface area contributed by atoms with Crippen LogP contribution in [0.1, 0.15) is 17.8 Å². The zero-order valence-electron chi connectivity index (χ0n) is 9.06. The van der Waals surface area contributed by atoms with E-state index in [1.54, 1.807) is 17.5 Å². The summed E-state index contributed by atoms with van der Waals surface area (Å²) in [7, 11) is 0. The van der Waals surface area contributed by atoms with Gasteiger partial charge in [0.05, 0.1) is 17.3 Å². The highest BCUT2D eigenvalue weighted by Gasteiger charge is 2.05. The second kappa shape index (κ2) is 5.48. The fourth-order valence-electron chi connectivity index (χ4n) is 1.47. The maximum absolute atomic E-state index is 5.82. The van der Waals surface area contributed by atoms with Gasteiger partial charge >= 0.3 is 0 Å². The molecule has 0 spiro atoms. The van der Waals surface area contributed by atoms with Crippen molar-refractivity contribution in [3.63, 3.8) is 0 Å². The van der Waals surface area contributed by atoms with Crippen LogP contribution in [0.25, 0.3) is 0 Å². The van der Waals surface area contributed by atoms with Crippen LogP contribution in [0.5, 0.6) is 0 Å². The minimum Gasteiger partial charge on any atom is -0.310 e. The molecule has 2 aromatic heterocycles. The third-order valence-corrected chi connectivity index (χ3v) is 3.41. The van der Waals surface area contributed by atoms with Gasteiger partial charge in [-0.1, -0.05) is 17.7 Å². The van der Waals surface area contributed by atoms with Crippen LogP contribution in [0.2, 0.25) is 5.02 Å². The number of halogens is 1. The fraction of sp³-hybridized carbons (Fsp3) is 0.364. The minimum absolute atomic E-state index is 0.312. The number of hydrogen-bond acceptors (Lipinski definition) is 3. The maximum Gasteiger partial charge on any atom is 0.0785 e. The van der Waals surface area contributed by atoms with Crippen molar-refractivity contribution in [1.29, 1.82) is 0 Å². The van der Waals surface area contributed by atoms with Crippen molar-refractivity contribution in [3.8, 4) is 0 Å². The Morgan fingerprint density at radius 2 is 2.50 bits per heavy atom. The van der Waals surface area contributed by atoms with Crippen LogP contribution in [-0.2, 0) is 6.54 Å². The molecule has 5 heteroatoms. The van der Waals surface area contributed by atoms with E-state index < -0.39 is 0 Å². The molecule has 0 radical (unpaired) electrons. The molecule has 0 aliphatic rings. The van der Waals surface area contributed by atoms with Gasteiger partial charge in [0.2, 0.25) is 0 Å². The summed E-state index contributed by atoms with van der Waals surface area (Å²) in [4.78, 5) is 1.35. The van der Waals surface area contributed by atoms with Crippen LogP contribution in [-0.4, -0.2) is 16.3 Å². The van der Waals surface area contributed by atoms with Gasteiger partial charge in [-0.05, 0) is 18.4 Å². The Kier molecular flexibility index (Phi) is 3.98. The highest BCUT2D eigenvalue weighted by Crippen LogP contribution is 2.11. The van der Waals surface area contributed by atoms with E-state index in [4.69, 9.17) is 11.6 Å². The van der Waals surface area contributed by atoms with Crippen molar-refractivity contribution in [2.75, 3.05) is 6.54 Å². The van der Waals surface area contributed by atoms with Crippen molar-refractivity contribution < 1.29 is 0 Å². The van der Waals surface area contributed by atoms with Crippen LogP contribution in [0, 0.1) is 0 Å². The zero-order valence-corrected chi connectivity index (χ0v) is 10.6. The minimum atomic E-state index is 0.312. The summed E-state index contributed by atoms with van der Waals surface area (Å²) in [5.74, 6) is 0. The molecule has 0 aromatic carbocycles. The lowest BCUT2D eigenvalue weighted by molar-refractivity contribution is 0.454. The first-order valence-corrected chi connectivity index (χ1v) is 6.44. The molecule has 0 bridgehead atoms. The lowest BCUT2D eigenvalue weighted by atomic mass is 10.3. The van der Waals surface area contributed by atoms with Crippen molar-refractivity contribution >= 4 is 22.9 Å². The van der Waals surface area contributed by atoms with E-state index >= 15 is 0 Å². The van der Waals surface area contributed by atoms with Crippen molar-refractivity contribution in [3.05, 3.63) is 39.8 Å². The molecule has 0 amide bonds. The molecule has 1 N–H and O–H groups in total. The maximum atomic E-state index is 5.82. The van der Waals surface area contributed by atoms with Crippen LogP contribution < -0.4 is 5.32 Å². The molecule has 0 aliphatic carbocycles. The molecular formula is C11H14ClN3S. The Balaban J connectivity index is 1.78. The van der Waals surface area contributed by atoms with Gasteiger partial charge in [-0.15, -0.1) is 11.3 Å². The summed E-state index contributed by atoms with van der Waals surface area (Å²) in [6.45, 7) is 3.91. The number of aromatic nitrogens is 2. The molecule has 2 rings (SSSR count). The summed E-state index contributed by atoms with van der Waals surface area (Å²) in [5.41, 5.74) is 0. The summed E-state index contributed by atoms with van der Waals surface area (Å²) in [6, 6.07) is 4.51. The Bertz CT molecular complexity index is 424. The van der Waals surface area contributed by atoms with E-state index in [-0.39, 0.29) is 0 Å². The average Bonchev–Trinajstić information content (AvgIpc) is 2.89. The van der Waals surface area contributed by atoms with Crippen molar-refractivity contribution in [1.82, 2.24) is 15.1 Å². The first kappa shape index (κ1) is 11.6. The Labute approximate surface area is 104 Å². The smallest absolute Gasteiger partial charge is 0.0785 e. The van der Waals surface area contributed by atoms with Crippen LogP contribution in [0.4, 0.5) is 0 Å². The first-order chi connectivity index (χ1) is 7.75. The monoisotopic (exact) mass is 255 g/mol. The van der Waals surface area contributed by atoms with Crippen LogP contribution in [0.3, 0.4) is 0 Å². The van der Waals surface area contributed by atoms with Gasteiger partial charge in [-0.25, -0.2) is 0 Å². The largest absolute Gasteiger partial charge is 0.310 e. The fourth-order valence-corrected chi connectivity index (χ4v) is 2.28. The lowest BCUT2D eigenvalue weighted by Crippen LogP contribution is -2.23. The second-order valence-electron chi connectivity index (χ2n) is 3.70. The lowest BCUT2D eigenvalue weighted by Gasteiger charge is -2.12. The van der Waals surface area contributed by atoms with Gasteiger partial charge < -0.3 is 5.32 Å². The number of nitrogens with zero attached hydrogens (tertiary/aromatic N) is 2. The molecule has 86 valence electrons. The van der Waals surface area contributed by atoms with Gasteiger partial charge in [0.25, 0.3) is 0 Å². The number of thiophene rings is 1. The number of hydrogen-bond donors (Lipinski definition) is 1. The predicted octanol–water partition coefficient (Wildman–Crippen LogP) is 2.95. The number of nitrogens with one attached hydrogen (secondary N) is 1. The number of rotatable bonds is 5. The molecule has 1 unspecified atom stereocenters. The molecule has 0 aliphatic heterocycles. The quantitative estimate of drug-likeness (QED) is 0.890. The van der Waals surface area contributed by atoms with Crippen molar-refractivity contribution in [2.24, 2.45) is 0 Å². The van der Waals surface area contributed by atoms with E-state index in [9.17, 15) is 0 Å². The average molecular weight is 256 g/mol. The molecule has 16 heavy (non-hydrogen) atoms. The van der Waals surface area contributed by atoms with Crippen LogP contribution in [0.15, 0.2) is 29.9 Å². The van der Waals surface area contributed by atoms with Gasteiger partial charge in [0.15, 0.2) is 0 Å². The summed E-state index contributed by atoms with van der Waals surface area (Å²) >= 11 is 7.59. The summed E-state index contributed by atoms with van der Waals surface area (Å²) in [5, 5.41) is 10.4. The Morgan fingerprint density at radius 1 is 1.62 bits per heavy atom. The molecule has 2 heterocycles. The van der Waals surface area contributed by atoms with Gasteiger partial charge in [0.1, 0.15) is 0 Å². The van der Waals surface area contributed by atoms with Gasteiger partial charge in [-0.2, -0.15) is 5.10 Å². The highest BCUT2D eigenvalue weighted by atomic mass is 35.5. The normalized spacial score (nSPS) is 12.9. The molecule has 0 fully saturated rings. The van der Waals surface area contributed by atoms with E-state index in [2.05, 4.69) is 34.9 Å². The Hall–Kier alpha value is -0.840. The third kappa shape index (κ3) is 3.07. The van der Waals surface area contributed by atoms with E-state index in [1.165, 1.54) is 4.88 Å². The molecular weight excluding hydrogens is 242 g/mol. The molecule has 1 atom stereocenters. The van der Waals surface area contributed by atoms with Gasteiger partial charge in [0, 0.05) is 24.2 Å².